The van der Waals surface area contributed by atoms with E-state index in [1.807, 2.05) is 52.5 Å². The maximum atomic E-state index is 13.7. The van der Waals surface area contributed by atoms with Crippen LogP contribution in [0, 0.1) is 5.92 Å². The van der Waals surface area contributed by atoms with Crippen LogP contribution in [-0.4, -0.2) is 83.9 Å². The van der Waals surface area contributed by atoms with Gasteiger partial charge in [0.25, 0.3) is 0 Å². The first-order valence-corrected chi connectivity index (χ1v) is 13.2. The highest BCUT2D eigenvalue weighted by Crippen LogP contribution is 2.32. The summed E-state index contributed by atoms with van der Waals surface area (Å²) in [4.78, 5) is 29.4. The average molecular weight is 536 g/mol. The van der Waals surface area contributed by atoms with Crippen LogP contribution in [0.4, 0.5) is 10.6 Å². The number of nitrogens with zero attached hydrogens (tertiary/aromatic N) is 8. The van der Waals surface area contributed by atoms with Crippen molar-refractivity contribution in [3.05, 3.63) is 49.1 Å². The number of anilines is 1. The quantitative estimate of drug-likeness (QED) is 0.377. The number of carbonyl (C=O) groups is 1. The van der Waals surface area contributed by atoms with E-state index in [1.54, 1.807) is 10.8 Å². The molecule has 3 aromatic heterocycles. The van der Waals surface area contributed by atoms with Crippen LogP contribution in [0.2, 0.25) is 0 Å². The SMILES string of the molecule is CCN1CCC[C@@H]1CN1C[C@H](C(C)C)N(c2ccn3ncc(-c4ccc(-c5nc[nH]n5)cc4)c3n2)C1=O.Cl. The summed E-state index contributed by atoms with van der Waals surface area (Å²) in [6, 6.07) is 10.5. The first-order valence-electron chi connectivity index (χ1n) is 13.2. The third-order valence-corrected chi connectivity index (χ3v) is 7.79. The summed E-state index contributed by atoms with van der Waals surface area (Å²) in [6.45, 7) is 10.2. The van der Waals surface area contributed by atoms with Gasteiger partial charge in [-0.25, -0.2) is 19.3 Å². The Hall–Kier alpha value is -3.50. The predicted molar refractivity (Wildman–Crippen MR) is 149 cm³/mol. The zero-order chi connectivity index (χ0) is 25.5. The molecule has 0 unspecified atom stereocenters. The lowest BCUT2D eigenvalue weighted by atomic mass is 10.0. The van der Waals surface area contributed by atoms with Gasteiger partial charge >= 0.3 is 6.03 Å². The van der Waals surface area contributed by atoms with Crippen molar-refractivity contribution in [1.82, 2.24) is 39.6 Å². The third kappa shape index (κ3) is 4.63. The molecule has 1 N–H and O–H groups in total. The Labute approximate surface area is 228 Å². The Bertz CT molecular complexity index is 1390. The van der Waals surface area contributed by atoms with E-state index in [0.29, 0.717) is 23.6 Å². The Morgan fingerprint density at radius 3 is 2.63 bits per heavy atom. The maximum absolute atomic E-state index is 13.7. The highest BCUT2D eigenvalue weighted by atomic mass is 35.5. The maximum Gasteiger partial charge on any atom is 0.326 e. The van der Waals surface area contributed by atoms with E-state index in [-0.39, 0.29) is 24.5 Å². The lowest BCUT2D eigenvalue weighted by Gasteiger charge is -2.27. The van der Waals surface area contributed by atoms with Crippen LogP contribution in [0.15, 0.2) is 49.1 Å². The average Bonchev–Trinajstić information content (AvgIpc) is 3.71. The Balaban J connectivity index is 0.00000294. The number of urea groups is 1. The number of aromatic nitrogens is 6. The van der Waals surface area contributed by atoms with Gasteiger partial charge in [-0.1, -0.05) is 45.0 Å². The standard InChI is InChI=1S/C27H33N9O.ClH/c1-4-33-12-5-6-21(33)15-34-16-23(18(2)3)36(27(34)37)24-11-13-35-26(31-24)22(14-30-35)19-7-9-20(10-8-19)25-28-17-29-32-25;/h7-11,13-14,17-18,21,23H,4-6,12,15-16H2,1-3H3,(H,28,29,32);1H/t21-,23-;/m1./s1. The number of H-pyrrole nitrogens is 1. The van der Waals surface area contributed by atoms with Crippen LogP contribution in [0.25, 0.3) is 28.2 Å². The molecule has 200 valence electrons. The molecule has 6 rings (SSSR count). The van der Waals surface area contributed by atoms with Gasteiger partial charge in [0.15, 0.2) is 11.5 Å². The number of aromatic amines is 1. The largest absolute Gasteiger partial charge is 0.326 e. The number of likely N-dealkylation sites (N-methyl/N-ethyl adjacent to an activating group) is 1. The van der Waals surface area contributed by atoms with Crippen molar-refractivity contribution in [3.63, 3.8) is 0 Å². The summed E-state index contributed by atoms with van der Waals surface area (Å²) in [6.07, 6.45) is 7.65. The summed E-state index contributed by atoms with van der Waals surface area (Å²) in [5, 5.41) is 11.4. The van der Waals surface area contributed by atoms with Gasteiger partial charge in [-0.3, -0.25) is 14.9 Å². The Kier molecular flexibility index (Phi) is 7.36. The summed E-state index contributed by atoms with van der Waals surface area (Å²) in [5.41, 5.74) is 3.57. The fraction of sp³-hybridized carbons (Fsp3) is 0.444. The number of likely N-dealkylation sites (tertiary alicyclic amines) is 1. The van der Waals surface area contributed by atoms with E-state index in [0.717, 1.165) is 54.9 Å². The van der Waals surface area contributed by atoms with E-state index in [1.165, 1.54) is 6.42 Å². The highest BCUT2D eigenvalue weighted by Gasteiger charge is 2.42. The molecule has 38 heavy (non-hydrogen) atoms. The number of halogens is 1. The predicted octanol–water partition coefficient (Wildman–Crippen LogP) is 4.35. The minimum Gasteiger partial charge on any atom is -0.321 e. The van der Waals surface area contributed by atoms with Crippen LogP contribution in [-0.2, 0) is 0 Å². The summed E-state index contributed by atoms with van der Waals surface area (Å²) in [7, 11) is 0. The molecular formula is C27H34ClN9O. The van der Waals surface area contributed by atoms with Crippen molar-refractivity contribution in [3.8, 4) is 22.5 Å². The second-order valence-electron chi connectivity index (χ2n) is 10.3. The van der Waals surface area contributed by atoms with Crippen molar-refractivity contribution < 1.29 is 4.79 Å². The number of hydrogen-bond donors (Lipinski definition) is 1. The first-order chi connectivity index (χ1) is 18.0. The Morgan fingerprint density at radius 1 is 1.13 bits per heavy atom. The molecule has 0 bridgehead atoms. The molecule has 4 aromatic rings. The number of fused-ring (bicyclic) bond motifs is 1. The normalized spacial score (nSPS) is 20.2. The van der Waals surface area contributed by atoms with Gasteiger partial charge in [-0.05, 0) is 43.5 Å². The van der Waals surface area contributed by atoms with Crippen molar-refractivity contribution in [1.29, 1.82) is 0 Å². The number of amides is 2. The van der Waals surface area contributed by atoms with Gasteiger partial charge < -0.3 is 4.90 Å². The summed E-state index contributed by atoms with van der Waals surface area (Å²) < 4.78 is 1.77. The molecule has 0 radical (unpaired) electrons. The van der Waals surface area contributed by atoms with Crippen LogP contribution in [0.5, 0.6) is 0 Å². The van der Waals surface area contributed by atoms with Crippen molar-refractivity contribution in [2.75, 3.05) is 31.1 Å². The van der Waals surface area contributed by atoms with Gasteiger partial charge in [0.2, 0.25) is 0 Å². The van der Waals surface area contributed by atoms with Crippen molar-refractivity contribution >= 4 is 29.9 Å². The van der Waals surface area contributed by atoms with Crippen LogP contribution in [0.3, 0.4) is 0 Å². The molecule has 2 saturated heterocycles. The number of benzene rings is 1. The zero-order valence-corrected chi connectivity index (χ0v) is 22.8. The molecule has 0 spiro atoms. The van der Waals surface area contributed by atoms with Crippen molar-refractivity contribution in [2.45, 2.75) is 45.7 Å². The molecule has 0 saturated carbocycles. The summed E-state index contributed by atoms with van der Waals surface area (Å²) in [5.74, 6) is 1.64. The number of rotatable bonds is 7. The fourth-order valence-corrected chi connectivity index (χ4v) is 5.73. The number of carbonyl (C=O) groups excluding carboxylic acids is 1. The molecule has 10 nitrogen and oxygen atoms in total. The lowest BCUT2D eigenvalue weighted by molar-refractivity contribution is 0.186. The van der Waals surface area contributed by atoms with Crippen LogP contribution >= 0.6 is 12.4 Å². The number of nitrogens with one attached hydrogen (secondary N) is 1. The topological polar surface area (TPSA) is 98.6 Å². The van der Waals surface area contributed by atoms with Crippen LogP contribution in [0.1, 0.15) is 33.6 Å². The second kappa shape index (κ2) is 10.7. The number of hydrogen-bond acceptors (Lipinski definition) is 6. The van der Waals surface area contributed by atoms with Gasteiger partial charge in [0, 0.05) is 36.5 Å². The van der Waals surface area contributed by atoms with Crippen LogP contribution < -0.4 is 4.90 Å². The molecule has 2 amide bonds. The molecule has 2 atom stereocenters. The van der Waals surface area contributed by atoms with Crippen molar-refractivity contribution in [2.24, 2.45) is 5.92 Å². The van der Waals surface area contributed by atoms with E-state index < -0.39 is 0 Å². The fourth-order valence-electron chi connectivity index (χ4n) is 5.73. The molecule has 2 aliphatic heterocycles. The molecule has 2 fully saturated rings. The molecule has 2 aliphatic rings. The van der Waals surface area contributed by atoms with Gasteiger partial charge in [-0.2, -0.15) is 10.2 Å². The first kappa shape index (κ1) is 26.1. The monoisotopic (exact) mass is 535 g/mol. The minimum absolute atomic E-state index is 0. The smallest absolute Gasteiger partial charge is 0.321 e. The second-order valence-corrected chi connectivity index (χ2v) is 10.3. The van der Waals surface area contributed by atoms with Gasteiger partial charge in [-0.15, -0.1) is 12.4 Å². The van der Waals surface area contributed by atoms with Gasteiger partial charge in [0.05, 0.1) is 12.2 Å². The molecule has 11 heteroatoms. The summed E-state index contributed by atoms with van der Waals surface area (Å²) >= 11 is 0. The van der Waals surface area contributed by atoms with Gasteiger partial charge in [0.1, 0.15) is 12.1 Å². The third-order valence-electron chi connectivity index (χ3n) is 7.79. The molecule has 0 aliphatic carbocycles. The highest BCUT2D eigenvalue weighted by molar-refractivity contribution is 5.94. The molecule has 1 aromatic carbocycles. The molecule has 5 heterocycles. The minimum atomic E-state index is 0. The molecular weight excluding hydrogens is 502 g/mol. The Morgan fingerprint density at radius 2 is 1.92 bits per heavy atom. The van der Waals surface area contributed by atoms with E-state index in [4.69, 9.17) is 4.98 Å². The zero-order valence-electron chi connectivity index (χ0n) is 22.0. The van der Waals surface area contributed by atoms with E-state index in [2.05, 4.69) is 46.0 Å². The van der Waals surface area contributed by atoms with E-state index in [9.17, 15) is 4.79 Å². The lowest BCUT2D eigenvalue weighted by Crippen LogP contribution is -2.42. The van der Waals surface area contributed by atoms with E-state index >= 15 is 0 Å².